The molecule has 0 amide bonds. The lowest BCUT2D eigenvalue weighted by atomic mass is 10.2. The molecule has 0 spiro atoms. The minimum atomic E-state index is -3.00. The van der Waals surface area contributed by atoms with Crippen molar-refractivity contribution in [3.8, 4) is 0 Å². The molecule has 0 aliphatic heterocycles. The first-order chi connectivity index (χ1) is 9.05. The van der Waals surface area contributed by atoms with Crippen LogP contribution in [-0.4, -0.2) is 36.2 Å². The number of hydrogen-bond donors (Lipinski definition) is 2. The molecule has 0 bridgehead atoms. The molecule has 3 rings (SSSR count). The van der Waals surface area contributed by atoms with E-state index in [0.29, 0.717) is 0 Å². The van der Waals surface area contributed by atoms with E-state index in [4.69, 9.17) is 0 Å². The number of nitrogens with one attached hydrogen (secondary N) is 2. The van der Waals surface area contributed by atoms with Gasteiger partial charge in [0.25, 0.3) is 0 Å². The number of hydrogen-bond acceptors (Lipinski definition) is 4. The van der Waals surface area contributed by atoms with Gasteiger partial charge in [-0.2, -0.15) is 5.10 Å². The summed E-state index contributed by atoms with van der Waals surface area (Å²) in [5.41, 5.74) is 1.91. The van der Waals surface area contributed by atoms with Crippen LogP contribution in [0.1, 0.15) is 19.3 Å². The second-order valence-electron chi connectivity index (χ2n) is 5.19. The van der Waals surface area contributed by atoms with Crippen LogP contribution in [0.5, 0.6) is 0 Å². The smallest absolute Gasteiger partial charge is 0.152 e. The molecule has 1 aliphatic carbocycles. The molecule has 1 aromatic carbocycles. The molecule has 1 aromatic heterocycles. The summed E-state index contributed by atoms with van der Waals surface area (Å²) in [6.45, 7) is 0. The lowest BCUT2D eigenvalue weighted by Gasteiger charge is -2.21. The Bertz CT molecular complexity index is 693. The van der Waals surface area contributed by atoms with Gasteiger partial charge >= 0.3 is 0 Å². The number of rotatable bonds is 3. The Balaban J connectivity index is 1.91. The zero-order valence-electron chi connectivity index (χ0n) is 10.8. The molecule has 2 atom stereocenters. The van der Waals surface area contributed by atoms with E-state index in [1.165, 1.54) is 6.26 Å². The fraction of sp³-hybridized carbons (Fsp3) is 0.462. The summed E-state index contributed by atoms with van der Waals surface area (Å²) in [5, 5.41) is 11.0. The van der Waals surface area contributed by atoms with E-state index < -0.39 is 9.84 Å². The molecular formula is C13H17N3O2S. The van der Waals surface area contributed by atoms with Crippen molar-refractivity contribution in [2.24, 2.45) is 0 Å². The highest BCUT2D eigenvalue weighted by molar-refractivity contribution is 7.91. The van der Waals surface area contributed by atoms with Crippen LogP contribution in [0.3, 0.4) is 0 Å². The van der Waals surface area contributed by atoms with Crippen molar-refractivity contribution in [1.82, 2.24) is 10.2 Å². The monoisotopic (exact) mass is 279 g/mol. The van der Waals surface area contributed by atoms with Gasteiger partial charge in [0.2, 0.25) is 0 Å². The molecule has 5 nitrogen and oxygen atoms in total. The van der Waals surface area contributed by atoms with Crippen LogP contribution in [-0.2, 0) is 9.84 Å². The first kappa shape index (κ1) is 12.5. The van der Waals surface area contributed by atoms with Gasteiger partial charge in [-0.25, -0.2) is 8.42 Å². The van der Waals surface area contributed by atoms with Crippen LogP contribution in [0, 0.1) is 0 Å². The summed E-state index contributed by atoms with van der Waals surface area (Å²) in [4.78, 5) is 0. The predicted molar refractivity (Wildman–Crippen MR) is 76.0 cm³/mol. The van der Waals surface area contributed by atoms with Crippen LogP contribution in [0.2, 0.25) is 0 Å². The van der Waals surface area contributed by atoms with Gasteiger partial charge in [-0.15, -0.1) is 0 Å². The first-order valence-electron chi connectivity index (χ1n) is 6.43. The van der Waals surface area contributed by atoms with Crippen molar-refractivity contribution in [2.45, 2.75) is 30.6 Å². The van der Waals surface area contributed by atoms with Crippen molar-refractivity contribution in [3.63, 3.8) is 0 Å². The molecule has 0 saturated heterocycles. The second-order valence-corrected chi connectivity index (χ2v) is 7.45. The van der Waals surface area contributed by atoms with Crippen molar-refractivity contribution >= 4 is 26.4 Å². The zero-order valence-corrected chi connectivity index (χ0v) is 11.6. The number of nitrogens with zero attached hydrogens (tertiary/aromatic N) is 1. The van der Waals surface area contributed by atoms with Gasteiger partial charge in [0.05, 0.1) is 17.0 Å². The van der Waals surface area contributed by atoms with Gasteiger partial charge in [-0.1, -0.05) is 6.07 Å². The minimum Gasteiger partial charge on any atom is -0.380 e. The zero-order chi connectivity index (χ0) is 13.5. The Kier molecular flexibility index (Phi) is 2.97. The van der Waals surface area contributed by atoms with Gasteiger partial charge in [0.1, 0.15) is 0 Å². The molecule has 1 fully saturated rings. The quantitative estimate of drug-likeness (QED) is 0.900. The summed E-state index contributed by atoms with van der Waals surface area (Å²) in [5.74, 6) is 0. The standard InChI is InChI=1S/C13H17N3O2S/c1-19(17,18)13-7-3-6-12(13)15-10-4-2-5-11-9(10)8-14-16-11/h2,4-5,8,12-13,15H,3,6-7H2,1H3,(H,14,16). The van der Waals surface area contributed by atoms with E-state index >= 15 is 0 Å². The largest absolute Gasteiger partial charge is 0.380 e. The predicted octanol–water partition coefficient (Wildman–Crippen LogP) is 1.94. The highest BCUT2D eigenvalue weighted by atomic mass is 32.2. The SMILES string of the molecule is CS(=O)(=O)C1CCCC1Nc1cccc2[nH]ncc12. The van der Waals surface area contributed by atoms with Gasteiger partial charge in [-0.3, -0.25) is 5.10 Å². The Labute approximate surface area is 112 Å². The molecule has 1 aliphatic rings. The fourth-order valence-corrected chi connectivity index (χ4v) is 4.29. The number of aromatic nitrogens is 2. The van der Waals surface area contributed by atoms with E-state index in [2.05, 4.69) is 15.5 Å². The topological polar surface area (TPSA) is 74.8 Å². The van der Waals surface area contributed by atoms with E-state index in [9.17, 15) is 8.42 Å². The fourth-order valence-electron chi connectivity index (χ4n) is 2.90. The molecule has 1 heterocycles. The van der Waals surface area contributed by atoms with Crippen LogP contribution < -0.4 is 5.32 Å². The van der Waals surface area contributed by atoms with Crippen LogP contribution in [0.4, 0.5) is 5.69 Å². The van der Waals surface area contributed by atoms with E-state index in [1.54, 1.807) is 6.20 Å². The van der Waals surface area contributed by atoms with Gasteiger partial charge in [-0.05, 0) is 31.4 Å². The van der Waals surface area contributed by atoms with Gasteiger partial charge in [0.15, 0.2) is 9.84 Å². The molecular weight excluding hydrogens is 262 g/mol. The molecule has 2 unspecified atom stereocenters. The number of anilines is 1. The third kappa shape index (κ3) is 2.32. The number of sulfone groups is 1. The maximum absolute atomic E-state index is 11.8. The Morgan fingerprint density at radius 2 is 2.21 bits per heavy atom. The van der Waals surface area contributed by atoms with E-state index in [0.717, 1.165) is 35.9 Å². The molecule has 19 heavy (non-hydrogen) atoms. The molecule has 102 valence electrons. The van der Waals surface area contributed by atoms with Gasteiger partial charge < -0.3 is 5.32 Å². The molecule has 1 saturated carbocycles. The molecule has 2 N–H and O–H groups in total. The third-order valence-electron chi connectivity index (χ3n) is 3.83. The van der Waals surface area contributed by atoms with E-state index in [1.807, 2.05) is 18.2 Å². The summed E-state index contributed by atoms with van der Waals surface area (Å²) in [7, 11) is -3.00. The lowest BCUT2D eigenvalue weighted by molar-refractivity contribution is 0.579. The van der Waals surface area contributed by atoms with Crippen molar-refractivity contribution < 1.29 is 8.42 Å². The summed E-state index contributed by atoms with van der Waals surface area (Å²) in [6, 6.07) is 5.86. The molecule has 2 aromatic rings. The third-order valence-corrected chi connectivity index (χ3v) is 5.49. The normalized spacial score (nSPS) is 23.8. The summed E-state index contributed by atoms with van der Waals surface area (Å²) in [6.07, 6.45) is 5.69. The van der Waals surface area contributed by atoms with Crippen LogP contribution >= 0.6 is 0 Å². The Morgan fingerprint density at radius 1 is 1.37 bits per heavy atom. The summed E-state index contributed by atoms with van der Waals surface area (Å²) < 4.78 is 23.6. The second kappa shape index (κ2) is 4.52. The first-order valence-corrected chi connectivity index (χ1v) is 8.38. The van der Waals surface area contributed by atoms with Crippen molar-refractivity contribution in [1.29, 1.82) is 0 Å². The molecule has 0 radical (unpaired) electrons. The highest BCUT2D eigenvalue weighted by Gasteiger charge is 2.34. The van der Waals surface area contributed by atoms with Crippen molar-refractivity contribution in [3.05, 3.63) is 24.4 Å². The highest BCUT2D eigenvalue weighted by Crippen LogP contribution is 2.30. The lowest BCUT2D eigenvalue weighted by Crippen LogP contribution is -2.34. The average Bonchev–Trinajstić information content (AvgIpc) is 2.95. The maximum atomic E-state index is 11.8. The number of aromatic amines is 1. The van der Waals surface area contributed by atoms with Crippen LogP contribution in [0.15, 0.2) is 24.4 Å². The number of fused-ring (bicyclic) bond motifs is 1. The minimum absolute atomic E-state index is 0.00417. The molecule has 6 heteroatoms. The summed E-state index contributed by atoms with van der Waals surface area (Å²) >= 11 is 0. The van der Waals surface area contributed by atoms with Crippen LogP contribution in [0.25, 0.3) is 10.9 Å². The van der Waals surface area contributed by atoms with Crippen molar-refractivity contribution in [2.75, 3.05) is 11.6 Å². The Hall–Kier alpha value is -1.56. The maximum Gasteiger partial charge on any atom is 0.152 e. The average molecular weight is 279 g/mol. The van der Waals surface area contributed by atoms with Gasteiger partial charge in [0, 0.05) is 23.4 Å². The Morgan fingerprint density at radius 3 is 3.00 bits per heavy atom. The van der Waals surface area contributed by atoms with E-state index in [-0.39, 0.29) is 11.3 Å². The number of H-pyrrole nitrogens is 1. The number of benzene rings is 1.